The van der Waals surface area contributed by atoms with Crippen LogP contribution in [0.3, 0.4) is 0 Å². The van der Waals surface area contributed by atoms with Crippen LogP contribution < -0.4 is 0 Å². The molecular weight excluding hydrogens is 222 g/mol. The average Bonchev–Trinajstić information content (AvgIpc) is 2.28. The Kier molecular flexibility index (Phi) is 3.49. The zero-order valence-corrected chi connectivity index (χ0v) is 10.3. The van der Waals surface area contributed by atoms with Gasteiger partial charge in [0.25, 0.3) is 0 Å². The van der Waals surface area contributed by atoms with E-state index in [9.17, 15) is 4.79 Å². The predicted octanol–water partition coefficient (Wildman–Crippen LogP) is 3.36. The van der Waals surface area contributed by atoms with Crippen molar-refractivity contribution in [2.24, 2.45) is 0 Å². The van der Waals surface area contributed by atoms with Gasteiger partial charge in [-0.25, -0.2) is 0 Å². The summed E-state index contributed by atoms with van der Waals surface area (Å²) in [5.74, 6) is 0. The molecule has 0 N–H and O–H groups in total. The number of fused-ring (bicyclic) bond motifs is 1. The standard InChI is InChI=1S/C13H16ClNO/c1-15(13(14)16)9-10-6-7-11-4-2-3-5-12(11)8-10/h6-8H,2-5,9H2,1H3. The van der Waals surface area contributed by atoms with Crippen molar-refractivity contribution in [3.63, 3.8) is 0 Å². The van der Waals surface area contributed by atoms with E-state index in [1.165, 1.54) is 41.7 Å². The van der Waals surface area contributed by atoms with Gasteiger partial charge in [-0.2, -0.15) is 0 Å². The van der Waals surface area contributed by atoms with Gasteiger partial charge in [-0.3, -0.25) is 4.79 Å². The van der Waals surface area contributed by atoms with Gasteiger partial charge in [0.05, 0.1) is 0 Å². The third-order valence-corrected chi connectivity index (χ3v) is 3.42. The molecule has 16 heavy (non-hydrogen) atoms. The number of benzene rings is 1. The van der Waals surface area contributed by atoms with E-state index in [1.54, 1.807) is 7.05 Å². The van der Waals surface area contributed by atoms with Crippen molar-refractivity contribution in [3.8, 4) is 0 Å². The van der Waals surface area contributed by atoms with Crippen molar-refractivity contribution in [1.82, 2.24) is 4.90 Å². The zero-order valence-electron chi connectivity index (χ0n) is 9.50. The Balaban J connectivity index is 2.14. The summed E-state index contributed by atoms with van der Waals surface area (Å²) in [4.78, 5) is 12.4. The molecule has 2 nitrogen and oxygen atoms in total. The van der Waals surface area contributed by atoms with Crippen molar-refractivity contribution in [1.29, 1.82) is 0 Å². The minimum Gasteiger partial charge on any atom is -0.328 e. The average molecular weight is 238 g/mol. The van der Waals surface area contributed by atoms with Gasteiger partial charge in [0.15, 0.2) is 0 Å². The third kappa shape index (κ3) is 2.56. The first-order valence-corrected chi connectivity index (χ1v) is 6.06. The number of carbonyl (C=O) groups excluding carboxylic acids is 1. The first-order chi connectivity index (χ1) is 7.66. The monoisotopic (exact) mass is 237 g/mol. The topological polar surface area (TPSA) is 20.3 Å². The first kappa shape index (κ1) is 11.5. The Morgan fingerprint density at radius 1 is 1.31 bits per heavy atom. The highest BCUT2D eigenvalue weighted by atomic mass is 35.5. The molecule has 0 aliphatic heterocycles. The molecule has 0 bridgehead atoms. The predicted molar refractivity (Wildman–Crippen MR) is 65.8 cm³/mol. The van der Waals surface area contributed by atoms with Gasteiger partial charge in [0, 0.05) is 13.6 Å². The van der Waals surface area contributed by atoms with Crippen LogP contribution in [0, 0.1) is 0 Å². The SMILES string of the molecule is CN(Cc1ccc2c(c1)CCCC2)C(=O)Cl. The van der Waals surface area contributed by atoms with E-state index in [-0.39, 0.29) is 0 Å². The molecule has 1 aliphatic rings. The normalized spacial score (nSPS) is 14.4. The lowest BCUT2D eigenvalue weighted by molar-refractivity contribution is 0.230. The molecule has 0 unspecified atom stereocenters. The highest BCUT2D eigenvalue weighted by Crippen LogP contribution is 2.22. The van der Waals surface area contributed by atoms with Gasteiger partial charge >= 0.3 is 5.37 Å². The van der Waals surface area contributed by atoms with Crippen molar-refractivity contribution in [2.75, 3.05) is 7.05 Å². The van der Waals surface area contributed by atoms with Crippen LogP contribution >= 0.6 is 11.6 Å². The lowest BCUT2D eigenvalue weighted by Gasteiger charge is -2.18. The smallest absolute Gasteiger partial charge is 0.316 e. The molecule has 86 valence electrons. The van der Waals surface area contributed by atoms with E-state index >= 15 is 0 Å². The molecule has 0 atom stereocenters. The molecule has 1 aromatic rings. The summed E-state index contributed by atoms with van der Waals surface area (Å²) in [7, 11) is 1.72. The number of hydrogen-bond acceptors (Lipinski definition) is 1. The lowest BCUT2D eigenvalue weighted by Crippen LogP contribution is -2.20. The Morgan fingerprint density at radius 3 is 2.69 bits per heavy atom. The molecule has 0 aromatic heterocycles. The van der Waals surface area contributed by atoms with Gasteiger partial charge < -0.3 is 4.90 Å². The quantitative estimate of drug-likeness (QED) is 0.571. The number of nitrogens with zero attached hydrogens (tertiary/aromatic N) is 1. The second kappa shape index (κ2) is 4.88. The summed E-state index contributed by atoms with van der Waals surface area (Å²) in [6.07, 6.45) is 4.94. The van der Waals surface area contributed by atoms with Crippen LogP contribution in [-0.2, 0) is 19.4 Å². The molecule has 1 aromatic carbocycles. The highest BCUT2D eigenvalue weighted by molar-refractivity contribution is 6.62. The van der Waals surface area contributed by atoms with Crippen molar-refractivity contribution < 1.29 is 4.79 Å². The minimum atomic E-state index is -0.405. The molecule has 0 heterocycles. The fraction of sp³-hybridized carbons (Fsp3) is 0.462. The first-order valence-electron chi connectivity index (χ1n) is 5.68. The molecular formula is C13H16ClNO. The summed E-state index contributed by atoms with van der Waals surface area (Å²) >= 11 is 5.41. The number of rotatable bonds is 2. The summed E-state index contributed by atoms with van der Waals surface area (Å²) in [5.41, 5.74) is 4.08. The van der Waals surface area contributed by atoms with Crippen LogP contribution in [0.25, 0.3) is 0 Å². The summed E-state index contributed by atoms with van der Waals surface area (Å²) < 4.78 is 0. The molecule has 0 saturated carbocycles. The highest BCUT2D eigenvalue weighted by Gasteiger charge is 2.11. The van der Waals surface area contributed by atoms with E-state index in [0.717, 1.165) is 5.56 Å². The number of carbonyl (C=O) groups is 1. The Hall–Kier alpha value is -1.02. The molecule has 3 heteroatoms. The van der Waals surface area contributed by atoms with Crippen LogP contribution in [0.2, 0.25) is 0 Å². The van der Waals surface area contributed by atoms with Crippen LogP contribution in [-0.4, -0.2) is 17.3 Å². The van der Waals surface area contributed by atoms with Gasteiger partial charge in [-0.1, -0.05) is 18.2 Å². The Bertz CT molecular complexity index is 403. The number of halogens is 1. The van der Waals surface area contributed by atoms with Crippen LogP contribution in [0.5, 0.6) is 0 Å². The van der Waals surface area contributed by atoms with E-state index in [2.05, 4.69) is 18.2 Å². The fourth-order valence-corrected chi connectivity index (χ4v) is 2.28. The summed E-state index contributed by atoms with van der Waals surface area (Å²) in [6.45, 7) is 0.593. The maximum Gasteiger partial charge on any atom is 0.316 e. The van der Waals surface area contributed by atoms with E-state index < -0.39 is 5.37 Å². The third-order valence-electron chi connectivity index (χ3n) is 3.13. The molecule has 0 fully saturated rings. The molecule has 2 rings (SSSR count). The van der Waals surface area contributed by atoms with Crippen molar-refractivity contribution in [2.45, 2.75) is 32.2 Å². The largest absolute Gasteiger partial charge is 0.328 e. The van der Waals surface area contributed by atoms with Crippen LogP contribution in [0.4, 0.5) is 4.79 Å². The Morgan fingerprint density at radius 2 is 2.00 bits per heavy atom. The van der Waals surface area contributed by atoms with Crippen LogP contribution in [0.15, 0.2) is 18.2 Å². The van der Waals surface area contributed by atoms with E-state index in [0.29, 0.717) is 6.54 Å². The maximum atomic E-state index is 10.9. The second-order valence-electron chi connectivity index (χ2n) is 4.42. The zero-order chi connectivity index (χ0) is 11.5. The molecule has 0 spiro atoms. The van der Waals surface area contributed by atoms with Crippen molar-refractivity contribution >= 4 is 17.0 Å². The molecule has 0 radical (unpaired) electrons. The maximum absolute atomic E-state index is 10.9. The molecule has 1 amide bonds. The summed E-state index contributed by atoms with van der Waals surface area (Å²) in [6, 6.07) is 6.50. The summed E-state index contributed by atoms with van der Waals surface area (Å²) in [5, 5.41) is -0.405. The van der Waals surface area contributed by atoms with Gasteiger partial charge in [0.1, 0.15) is 0 Å². The fourth-order valence-electron chi connectivity index (χ4n) is 2.22. The van der Waals surface area contributed by atoms with Gasteiger partial charge in [-0.05, 0) is 54.0 Å². The number of hydrogen-bond donors (Lipinski definition) is 0. The minimum absolute atomic E-state index is 0.405. The number of aryl methyl sites for hydroxylation is 2. The van der Waals surface area contributed by atoms with E-state index in [1.807, 2.05) is 0 Å². The lowest BCUT2D eigenvalue weighted by atomic mass is 9.90. The van der Waals surface area contributed by atoms with Gasteiger partial charge in [-0.15, -0.1) is 0 Å². The van der Waals surface area contributed by atoms with Gasteiger partial charge in [0.2, 0.25) is 0 Å². The van der Waals surface area contributed by atoms with E-state index in [4.69, 9.17) is 11.6 Å². The molecule has 0 saturated heterocycles. The van der Waals surface area contributed by atoms with Crippen LogP contribution in [0.1, 0.15) is 29.5 Å². The Labute approximate surface area is 101 Å². The van der Waals surface area contributed by atoms with Crippen molar-refractivity contribution in [3.05, 3.63) is 34.9 Å². The molecule has 1 aliphatic carbocycles. The number of amides is 1. The second-order valence-corrected chi connectivity index (χ2v) is 4.74.